The standard InChI is InChI=1S/C13H16N4O/c1-8-14-10-6-9(4-5-12(10)17(8)3)11-7-16(2)13(18)15-11/h4-6,11H,7H2,1-3H3,(H,15,18). The Morgan fingerprint density at radius 2 is 2.17 bits per heavy atom. The van der Waals surface area contributed by atoms with Crippen molar-refractivity contribution in [3.63, 3.8) is 0 Å². The van der Waals surface area contributed by atoms with Crippen molar-refractivity contribution in [1.82, 2.24) is 19.8 Å². The molecule has 18 heavy (non-hydrogen) atoms. The van der Waals surface area contributed by atoms with E-state index < -0.39 is 0 Å². The number of aromatic nitrogens is 2. The highest BCUT2D eigenvalue weighted by molar-refractivity contribution is 5.79. The van der Waals surface area contributed by atoms with Gasteiger partial charge in [-0.2, -0.15) is 0 Å². The Labute approximate surface area is 105 Å². The average molecular weight is 244 g/mol. The van der Waals surface area contributed by atoms with Gasteiger partial charge in [0.1, 0.15) is 5.82 Å². The summed E-state index contributed by atoms with van der Waals surface area (Å²) in [5, 5.41) is 2.96. The molecule has 1 saturated heterocycles. The summed E-state index contributed by atoms with van der Waals surface area (Å²) < 4.78 is 2.07. The third-order valence-corrected chi connectivity index (χ3v) is 3.63. The van der Waals surface area contributed by atoms with E-state index in [0.717, 1.165) is 22.4 Å². The van der Waals surface area contributed by atoms with Gasteiger partial charge >= 0.3 is 6.03 Å². The van der Waals surface area contributed by atoms with Crippen LogP contribution in [0.3, 0.4) is 0 Å². The molecule has 1 N–H and O–H groups in total. The van der Waals surface area contributed by atoms with Crippen LogP contribution >= 0.6 is 0 Å². The normalized spacial score (nSPS) is 19.6. The van der Waals surface area contributed by atoms with Crippen molar-refractivity contribution in [2.75, 3.05) is 13.6 Å². The Kier molecular flexibility index (Phi) is 2.29. The van der Waals surface area contributed by atoms with Crippen LogP contribution in [-0.4, -0.2) is 34.1 Å². The van der Waals surface area contributed by atoms with Crippen LogP contribution in [0, 0.1) is 6.92 Å². The molecule has 0 radical (unpaired) electrons. The third-order valence-electron chi connectivity index (χ3n) is 3.63. The van der Waals surface area contributed by atoms with Gasteiger partial charge in [0, 0.05) is 20.6 Å². The molecular weight excluding hydrogens is 228 g/mol. The van der Waals surface area contributed by atoms with E-state index in [0.29, 0.717) is 6.54 Å². The first-order chi connectivity index (χ1) is 8.56. The topological polar surface area (TPSA) is 50.2 Å². The smallest absolute Gasteiger partial charge is 0.317 e. The fraction of sp³-hybridized carbons (Fsp3) is 0.385. The molecule has 3 rings (SSSR count). The fourth-order valence-corrected chi connectivity index (χ4v) is 2.40. The van der Waals surface area contributed by atoms with Gasteiger partial charge in [0.2, 0.25) is 0 Å². The summed E-state index contributed by atoms with van der Waals surface area (Å²) in [7, 11) is 3.81. The largest absolute Gasteiger partial charge is 0.331 e. The fourth-order valence-electron chi connectivity index (χ4n) is 2.40. The Morgan fingerprint density at radius 1 is 1.39 bits per heavy atom. The maximum atomic E-state index is 11.5. The highest BCUT2D eigenvalue weighted by Gasteiger charge is 2.27. The van der Waals surface area contributed by atoms with Crippen LogP contribution in [0.2, 0.25) is 0 Å². The summed E-state index contributed by atoms with van der Waals surface area (Å²) in [6.45, 7) is 2.70. The minimum Gasteiger partial charge on any atom is -0.331 e. The average Bonchev–Trinajstić information content (AvgIpc) is 2.81. The molecule has 94 valence electrons. The van der Waals surface area contributed by atoms with Crippen LogP contribution in [0.15, 0.2) is 18.2 Å². The number of fused-ring (bicyclic) bond motifs is 1. The zero-order valence-corrected chi connectivity index (χ0v) is 10.8. The maximum Gasteiger partial charge on any atom is 0.317 e. The molecule has 1 unspecified atom stereocenters. The highest BCUT2D eigenvalue weighted by Crippen LogP contribution is 2.23. The number of urea groups is 1. The molecule has 2 amide bonds. The van der Waals surface area contributed by atoms with Crippen molar-refractivity contribution in [2.24, 2.45) is 7.05 Å². The van der Waals surface area contributed by atoms with E-state index in [2.05, 4.69) is 33.1 Å². The number of nitrogens with one attached hydrogen (secondary N) is 1. The lowest BCUT2D eigenvalue weighted by molar-refractivity contribution is 0.226. The molecule has 1 aliphatic rings. The summed E-state index contributed by atoms with van der Waals surface area (Å²) >= 11 is 0. The van der Waals surface area contributed by atoms with Gasteiger partial charge in [-0.25, -0.2) is 9.78 Å². The van der Waals surface area contributed by atoms with Gasteiger partial charge < -0.3 is 14.8 Å². The Balaban J connectivity index is 2.01. The quantitative estimate of drug-likeness (QED) is 0.828. The zero-order valence-electron chi connectivity index (χ0n) is 10.8. The number of rotatable bonds is 1. The molecule has 2 heterocycles. The number of likely N-dealkylation sites (N-methyl/N-ethyl adjacent to an activating group) is 1. The van der Waals surface area contributed by atoms with E-state index in [1.165, 1.54) is 0 Å². The third kappa shape index (κ3) is 1.54. The van der Waals surface area contributed by atoms with Gasteiger partial charge in [0.25, 0.3) is 0 Å². The summed E-state index contributed by atoms with van der Waals surface area (Å²) in [4.78, 5) is 17.7. The monoisotopic (exact) mass is 244 g/mol. The number of carbonyl (C=O) groups excluding carboxylic acids is 1. The predicted molar refractivity (Wildman–Crippen MR) is 69.4 cm³/mol. The van der Waals surface area contributed by atoms with Gasteiger partial charge in [-0.3, -0.25) is 0 Å². The molecule has 1 aromatic heterocycles. The second-order valence-electron chi connectivity index (χ2n) is 4.85. The molecule has 0 bridgehead atoms. The van der Waals surface area contributed by atoms with E-state index >= 15 is 0 Å². The second-order valence-corrected chi connectivity index (χ2v) is 4.85. The van der Waals surface area contributed by atoms with E-state index in [4.69, 9.17) is 0 Å². The Hall–Kier alpha value is -2.04. The van der Waals surface area contributed by atoms with Crippen LogP contribution in [0.4, 0.5) is 4.79 Å². The zero-order chi connectivity index (χ0) is 12.9. The SMILES string of the molecule is Cc1nc2cc(C3CN(C)C(=O)N3)ccc2n1C. The lowest BCUT2D eigenvalue weighted by Crippen LogP contribution is -2.23. The van der Waals surface area contributed by atoms with Gasteiger partial charge in [0.05, 0.1) is 17.1 Å². The van der Waals surface area contributed by atoms with Crippen LogP contribution in [-0.2, 0) is 7.05 Å². The Bertz CT molecular complexity index is 631. The molecule has 0 saturated carbocycles. The number of carbonyl (C=O) groups is 1. The molecule has 1 aliphatic heterocycles. The summed E-state index contributed by atoms with van der Waals surface area (Å²) in [5.41, 5.74) is 3.21. The molecule has 5 nitrogen and oxygen atoms in total. The van der Waals surface area contributed by atoms with Crippen molar-refractivity contribution in [3.05, 3.63) is 29.6 Å². The van der Waals surface area contributed by atoms with Crippen LogP contribution < -0.4 is 5.32 Å². The van der Waals surface area contributed by atoms with Crippen molar-refractivity contribution < 1.29 is 4.79 Å². The van der Waals surface area contributed by atoms with Gasteiger partial charge in [-0.05, 0) is 24.6 Å². The predicted octanol–water partition coefficient (Wildman–Crippen LogP) is 1.58. The molecule has 5 heteroatoms. The lowest BCUT2D eigenvalue weighted by Gasteiger charge is -2.09. The number of nitrogens with zero attached hydrogens (tertiary/aromatic N) is 3. The summed E-state index contributed by atoms with van der Waals surface area (Å²) in [6, 6.07) is 6.24. The molecular formula is C13H16N4O. The highest BCUT2D eigenvalue weighted by atomic mass is 16.2. The first kappa shape index (κ1) is 11.1. The number of amides is 2. The molecule has 1 aromatic carbocycles. The van der Waals surface area contributed by atoms with Crippen molar-refractivity contribution in [1.29, 1.82) is 0 Å². The van der Waals surface area contributed by atoms with Crippen molar-refractivity contribution >= 4 is 17.1 Å². The Morgan fingerprint density at radius 3 is 2.83 bits per heavy atom. The molecule has 1 fully saturated rings. The number of hydrogen-bond acceptors (Lipinski definition) is 2. The molecule has 1 atom stereocenters. The maximum absolute atomic E-state index is 11.5. The van der Waals surface area contributed by atoms with E-state index in [1.54, 1.807) is 11.9 Å². The van der Waals surface area contributed by atoms with E-state index in [9.17, 15) is 4.79 Å². The number of benzene rings is 1. The van der Waals surface area contributed by atoms with Crippen molar-refractivity contribution in [2.45, 2.75) is 13.0 Å². The first-order valence-electron chi connectivity index (χ1n) is 6.01. The summed E-state index contributed by atoms with van der Waals surface area (Å²) in [6.07, 6.45) is 0. The molecule has 2 aromatic rings. The van der Waals surface area contributed by atoms with Crippen LogP contribution in [0.25, 0.3) is 11.0 Å². The van der Waals surface area contributed by atoms with Gasteiger partial charge in [-0.1, -0.05) is 6.07 Å². The van der Waals surface area contributed by atoms with E-state index in [1.807, 2.05) is 14.0 Å². The molecule has 0 spiro atoms. The second kappa shape index (κ2) is 3.73. The number of imidazole rings is 1. The number of aryl methyl sites for hydroxylation is 2. The van der Waals surface area contributed by atoms with E-state index in [-0.39, 0.29) is 12.1 Å². The van der Waals surface area contributed by atoms with Crippen LogP contribution in [0.5, 0.6) is 0 Å². The minimum atomic E-state index is -0.0164. The first-order valence-corrected chi connectivity index (χ1v) is 6.01. The van der Waals surface area contributed by atoms with Crippen LogP contribution in [0.1, 0.15) is 17.4 Å². The number of hydrogen-bond donors (Lipinski definition) is 1. The summed E-state index contributed by atoms with van der Waals surface area (Å²) in [5.74, 6) is 0.995. The van der Waals surface area contributed by atoms with Gasteiger partial charge in [-0.15, -0.1) is 0 Å². The molecule has 0 aliphatic carbocycles. The lowest BCUT2D eigenvalue weighted by atomic mass is 10.1. The minimum absolute atomic E-state index is 0.0164. The van der Waals surface area contributed by atoms with Crippen molar-refractivity contribution in [3.8, 4) is 0 Å². The van der Waals surface area contributed by atoms with Gasteiger partial charge in [0.15, 0.2) is 0 Å².